The summed E-state index contributed by atoms with van der Waals surface area (Å²) < 4.78 is 10.2. The molecule has 0 fully saturated rings. The van der Waals surface area contributed by atoms with E-state index in [1.807, 2.05) is 12.1 Å². The summed E-state index contributed by atoms with van der Waals surface area (Å²) in [6.07, 6.45) is 0.403. The van der Waals surface area contributed by atoms with Crippen LogP contribution in [-0.2, 0) is 20.7 Å². The molecule has 0 aliphatic carbocycles. The van der Waals surface area contributed by atoms with Gasteiger partial charge in [-0.1, -0.05) is 12.1 Å². The Kier molecular flexibility index (Phi) is 4.48. The van der Waals surface area contributed by atoms with Gasteiger partial charge in [0.15, 0.2) is 5.60 Å². The fourth-order valence-electron chi connectivity index (χ4n) is 1.54. The lowest BCUT2D eigenvalue weighted by Crippen LogP contribution is -2.39. The maximum atomic E-state index is 11.5. The van der Waals surface area contributed by atoms with Crippen LogP contribution in [0.1, 0.15) is 26.3 Å². The summed E-state index contributed by atoms with van der Waals surface area (Å²) in [6, 6.07) is 7.10. The van der Waals surface area contributed by atoms with E-state index in [9.17, 15) is 9.59 Å². The monoisotopic (exact) mass is 250 g/mol. The lowest BCUT2D eigenvalue weighted by atomic mass is 10.1. The Morgan fingerprint density at radius 1 is 1.17 bits per heavy atom. The summed E-state index contributed by atoms with van der Waals surface area (Å²) in [5.74, 6) is 0.242. The SMILES string of the molecule is COC(=O)C(C)(C)Oc1ccc(CC(C)=O)cc1. The lowest BCUT2D eigenvalue weighted by Gasteiger charge is -2.23. The highest BCUT2D eigenvalue weighted by Gasteiger charge is 2.30. The van der Waals surface area contributed by atoms with Gasteiger partial charge in [-0.2, -0.15) is 0 Å². The Morgan fingerprint density at radius 3 is 2.17 bits per heavy atom. The number of carbonyl (C=O) groups is 2. The van der Waals surface area contributed by atoms with Gasteiger partial charge in [-0.25, -0.2) is 4.79 Å². The number of hydrogen-bond donors (Lipinski definition) is 0. The maximum absolute atomic E-state index is 11.5. The molecule has 1 rings (SSSR count). The molecule has 1 aromatic carbocycles. The zero-order valence-corrected chi connectivity index (χ0v) is 11.1. The molecule has 0 bridgehead atoms. The van der Waals surface area contributed by atoms with Crippen LogP contribution in [0.15, 0.2) is 24.3 Å². The molecule has 1 aromatic rings. The van der Waals surface area contributed by atoms with E-state index in [1.165, 1.54) is 7.11 Å². The van der Waals surface area contributed by atoms with Crippen molar-refractivity contribution in [3.8, 4) is 5.75 Å². The number of Topliss-reactive ketones (excluding diaryl/α,β-unsaturated/α-hetero) is 1. The first-order valence-corrected chi connectivity index (χ1v) is 5.71. The molecule has 4 nitrogen and oxygen atoms in total. The van der Waals surface area contributed by atoms with E-state index < -0.39 is 11.6 Å². The zero-order valence-electron chi connectivity index (χ0n) is 11.1. The fourth-order valence-corrected chi connectivity index (χ4v) is 1.54. The van der Waals surface area contributed by atoms with Gasteiger partial charge in [-0.05, 0) is 38.5 Å². The lowest BCUT2D eigenvalue weighted by molar-refractivity contribution is -0.156. The van der Waals surface area contributed by atoms with Gasteiger partial charge in [0.05, 0.1) is 7.11 Å². The van der Waals surface area contributed by atoms with Gasteiger partial charge in [0.25, 0.3) is 0 Å². The predicted octanol–water partition coefficient (Wildman–Crippen LogP) is 2.15. The standard InChI is InChI=1S/C14H18O4/c1-10(15)9-11-5-7-12(8-6-11)18-14(2,3)13(16)17-4/h5-8H,9H2,1-4H3. The van der Waals surface area contributed by atoms with Crippen LogP contribution in [0.2, 0.25) is 0 Å². The van der Waals surface area contributed by atoms with Crippen LogP contribution in [0.25, 0.3) is 0 Å². The van der Waals surface area contributed by atoms with Crippen molar-refractivity contribution in [3.63, 3.8) is 0 Å². The predicted molar refractivity (Wildman–Crippen MR) is 67.6 cm³/mol. The zero-order chi connectivity index (χ0) is 13.8. The Balaban J connectivity index is 2.74. The second kappa shape index (κ2) is 5.67. The molecule has 0 amide bonds. The minimum absolute atomic E-state index is 0.110. The van der Waals surface area contributed by atoms with E-state index in [0.717, 1.165) is 5.56 Å². The van der Waals surface area contributed by atoms with Crippen LogP contribution < -0.4 is 4.74 Å². The highest BCUT2D eigenvalue weighted by molar-refractivity contribution is 5.79. The molecule has 0 atom stereocenters. The smallest absolute Gasteiger partial charge is 0.349 e. The average molecular weight is 250 g/mol. The third-order valence-electron chi connectivity index (χ3n) is 2.43. The number of methoxy groups -OCH3 is 1. The van der Waals surface area contributed by atoms with E-state index >= 15 is 0 Å². The Bertz CT molecular complexity index is 432. The van der Waals surface area contributed by atoms with Gasteiger partial charge in [-0.15, -0.1) is 0 Å². The molecule has 0 saturated carbocycles. The molecule has 0 N–H and O–H groups in total. The maximum Gasteiger partial charge on any atom is 0.349 e. The third kappa shape index (κ3) is 3.87. The molecule has 0 spiro atoms. The summed E-state index contributed by atoms with van der Waals surface area (Å²) in [5.41, 5.74) is -0.109. The molecule has 98 valence electrons. The minimum atomic E-state index is -1.03. The van der Waals surface area contributed by atoms with E-state index in [0.29, 0.717) is 12.2 Å². The van der Waals surface area contributed by atoms with Gasteiger partial charge >= 0.3 is 5.97 Å². The van der Waals surface area contributed by atoms with Crippen molar-refractivity contribution in [2.75, 3.05) is 7.11 Å². The Morgan fingerprint density at radius 2 is 1.72 bits per heavy atom. The molecular formula is C14H18O4. The quantitative estimate of drug-likeness (QED) is 0.751. The van der Waals surface area contributed by atoms with E-state index in [-0.39, 0.29) is 5.78 Å². The van der Waals surface area contributed by atoms with Crippen molar-refractivity contribution in [3.05, 3.63) is 29.8 Å². The van der Waals surface area contributed by atoms with Crippen LogP contribution in [-0.4, -0.2) is 24.5 Å². The number of ether oxygens (including phenoxy) is 2. The topological polar surface area (TPSA) is 52.6 Å². The van der Waals surface area contributed by atoms with Crippen LogP contribution in [0, 0.1) is 0 Å². The highest BCUT2D eigenvalue weighted by Crippen LogP contribution is 2.20. The molecule has 0 unspecified atom stereocenters. The molecule has 0 aliphatic rings. The number of rotatable bonds is 5. The first-order chi connectivity index (χ1) is 8.35. The molecule has 18 heavy (non-hydrogen) atoms. The fraction of sp³-hybridized carbons (Fsp3) is 0.429. The van der Waals surface area contributed by atoms with Gasteiger partial charge in [0.2, 0.25) is 0 Å². The third-order valence-corrected chi connectivity index (χ3v) is 2.43. The summed E-state index contributed by atoms with van der Waals surface area (Å²) in [6.45, 7) is 4.83. The second-order valence-electron chi connectivity index (χ2n) is 4.63. The van der Waals surface area contributed by atoms with Gasteiger partial charge in [0, 0.05) is 6.42 Å². The molecule has 0 aromatic heterocycles. The van der Waals surface area contributed by atoms with Crippen molar-refractivity contribution in [2.45, 2.75) is 32.8 Å². The van der Waals surface area contributed by atoms with Crippen molar-refractivity contribution in [1.82, 2.24) is 0 Å². The van der Waals surface area contributed by atoms with Gasteiger partial charge in [0.1, 0.15) is 11.5 Å². The second-order valence-corrected chi connectivity index (χ2v) is 4.63. The van der Waals surface area contributed by atoms with E-state index in [4.69, 9.17) is 4.74 Å². The molecule has 0 heterocycles. The summed E-state index contributed by atoms with van der Waals surface area (Å²) in [7, 11) is 1.32. The van der Waals surface area contributed by atoms with Gasteiger partial charge < -0.3 is 9.47 Å². The number of hydrogen-bond acceptors (Lipinski definition) is 4. The van der Waals surface area contributed by atoms with E-state index in [2.05, 4.69) is 4.74 Å². The van der Waals surface area contributed by atoms with Crippen LogP contribution in [0.3, 0.4) is 0 Å². The molecule has 0 aliphatic heterocycles. The van der Waals surface area contributed by atoms with Gasteiger partial charge in [-0.3, -0.25) is 4.79 Å². The van der Waals surface area contributed by atoms with Crippen molar-refractivity contribution in [2.24, 2.45) is 0 Å². The summed E-state index contributed by atoms with van der Waals surface area (Å²) in [4.78, 5) is 22.4. The van der Waals surface area contributed by atoms with Crippen LogP contribution >= 0.6 is 0 Å². The number of carbonyl (C=O) groups excluding carboxylic acids is 2. The van der Waals surface area contributed by atoms with E-state index in [1.54, 1.807) is 32.9 Å². The van der Waals surface area contributed by atoms with Crippen LogP contribution in [0.5, 0.6) is 5.75 Å². The molecule has 4 heteroatoms. The minimum Gasteiger partial charge on any atom is -0.476 e. The first-order valence-electron chi connectivity index (χ1n) is 5.71. The summed E-state index contributed by atoms with van der Waals surface area (Å²) in [5, 5.41) is 0. The molecule has 0 saturated heterocycles. The average Bonchev–Trinajstić information content (AvgIpc) is 2.29. The number of benzene rings is 1. The number of esters is 1. The van der Waals surface area contributed by atoms with Crippen molar-refractivity contribution < 1.29 is 19.1 Å². The number of ketones is 1. The Hall–Kier alpha value is -1.84. The Labute approximate surface area is 107 Å². The van der Waals surface area contributed by atoms with Crippen molar-refractivity contribution >= 4 is 11.8 Å². The molecular weight excluding hydrogens is 232 g/mol. The highest BCUT2D eigenvalue weighted by atomic mass is 16.6. The van der Waals surface area contributed by atoms with Crippen molar-refractivity contribution in [1.29, 1.82) is 0 Å². The normalized spacial score (nSPS) is 10.9. The van der Waals surface area contributed by atoms with Crippen LogP contribution in [0.4, 0.5) is 0 Å². The first kappa shape index (κ1) is 14.2. The largest absolute Gasteiger partial charge is 0.476 e. The molecule has 0 radical (unpaired) electrons. The summed E-state index contributed by atoms with van der Waals surface area (Å²) >= 11 is 0.